The van der Waals surface area contributed by atoms with Gasteiger partial charge in [-0.3, -0.25) is 0 Å². The van der Waals surface area contributed by atoms with E-state index in [-0.39, 0.29) is 113 Å². The average molecular weight is 2020 g/mol. The van der Waals surface area contributed by atoms with Crippen LogP contribution in [-0.4, -0.2) is 19.9 Å². The van der Waals surface area contributed by atoms with Crippen LogP contribution in [0.3, 0.4) is 0 Å². The largest absolute Gasteiger partial charge is 0.500 e. The van der Waals surface area contributed by atoms with Crippen LogP contribution in [0.15, 0.2) is 313 Å². The molecule has 6 heterocycles. The molecule has 0 aliphatic rings. The van der Waals surface area contributed by atoms with Crippen molar-refractivity contribution in [1.82, 2.24) is 19.9 Å². The average Bonchev–Trinajstić information content (AvgIpc) is 1.56. The Hall–Kier alpha value is -12.4. The van der Waals surface area contributed by atoms with Gasteiger partial charge >= 0.3 is 0 Å². The number of rotatable bonds is 11. The monoisotopic (exact) mass is 2020 g/mol. The van der Waals surface area contributed by atoms with Crippen molar-refractivity contribution < 1.29 is 86.1 Å². The van der Waals surface area contributed by atoms with E-state index < -0.39 is 83.3 Å². The van der Waals surface area contributed by atoms with Crippen molar-refractivity contribution in [3.05, 3.63) is 384 Å². The zero-order valence-corrected chi connectivity index (χ0v) is 75.4. The normalized spacial score (nSPS) is 15.8. The molecular formula is C118H104Ir2N4O2-4. The Morgan fingerprint density at radius 1 is 0.294 bits per heavy atom. The fourth-order valence-corrected chi connectivity index (χ4v) is 15.8. The third kappa shape index (κ3) is 19.2. The Morgan fingerprint density at radius 2 is 0.683 bits per heavy atom. The van der Waals surface area contributed by atoms with E-state index in [9.17, 15) is 0 Å². The maximum atomic E-state index is 8.77. The summed E-state index contributed by atoms with van der Waals surface area (Å²) in [6, 6.07) is 96.3. The number of hydrogen-bond donors (Lipinski definition) is 0. The predicted molar refractivity (Wildman–Crippen MR) is 523 cm³/mol. The summed E-state index contributed by atoms with van der Waals surface area (Å²) >= 11 is 0. The Balaban J connectivity index is 0.000000156. The summed E-state index contributed by atoms with van der Waals surface area (Å²) in [6.45, 7) is -1.22. The van der Waals surface area contributed by atoms with E-state index in [2.05, 4.69) is 105 Å². The molecule has 0 N–H and O–H groups in total. The van der Waals surface area contributed by atoms with Gasteiger partial charge in [-0.15, -0.1) is 95.1 Å². The molecule has 630 valence electrons. The molecule has 2 radical (unpaired) electrons. The van der Waals surface area contributed by atoms with Crippen LogP contribution >= 0.6 is 0 Å². The minimum Gasteiger partial charge on any atom is -0.500 e. The molecule has 0 saturated heterocycles. The molecule has 0 aliphatic heterocycles. The number of fused-ring (bicyclic) bond motifs is 14. The van der Waals surface area contributed by atoms with Gasteiger partial charge in [0.25, 0.3) is 0 Å². The van der Waals surface area contributed by atoms with E-state index in [1.807, 2.05) is 130 Å². The molecule has 126 heavy (non-hydrogen) atoms. The van der Waals surface area contributed by atoms with E-state index in [0.717, 1.165) is 75.8 Å². The van der Waals surface area contributed by atoms with Crippen molar-refractivity contribution in [1.29, 1.82) is 0 Å². The molecule has 20 aromatic rings. The van der Waals surface area contributed by atoms with Crippen LogP contribution in [0.5, 0.6) is 0 Å². The van der Waals surface area contributed by atoms with Crippen LogP contribution in [0, 0.1) is 88.5 Å². The number of aryl methyl sites for hydroxylation is 7. The van der Waals surface area contributed by atoms with Crippen molar-refractivity contribution in [2.45, 2.75) is 129 Å². The number of pyridine rings is 4. The van der Waals surface area contributed by atoms with E-state index in [1.165, 1.54) is 61.1 Å². The zero-order valence-electron chi connectivity index (χ0n) is 97.6. The van der Waals surface area contributed by atoms with E-state index in [0.29, 0.717) is 84.1 Å². The molecule has 14 aromatic carbocycles. The third-order valence-electron chi connectivity index (χ3n) is 21.3. The van der Waals surface area contributed by atoms with Gasteiger partial charge < -0.3 is 28.8 Å². The van der Waals surface area contributed by atoms with E-state index >= 15 is 0 Å². The Labute approximate surface area is 807 Å². The summed E-state index contributed by atoms with van der Waals surface area (Å²) < 4.78 is 234. The Morgan fingerprint density at radius 3 is 1.10 bits per heavy atom. The quantitative estimate of drug-likeness (QED) is 0.0948. The number of furan rings is 2. The first-order chi connectivity index (χ1) is 70.5. The first kappa shape index (κ1) is 60.3. The number of nitrogens with zero attached hydrogens (tertiary/aromatic N) is 4. The minimum atomic E-state index is -2.66. The topological polar surface area (TPSA) is 77.8 Å². The maximum Gasteiger partial charge on any atom is 0.129 e. The van der Waals surface area contributed by atoms with Crippen molar-refractivity contribution in [3.63, 3.8) is 0 Å². The fourth-order valence-electron chi connectivity index (χ4n) is 15.8. The second kappa shape index (κ2) is 37.0. The van der Waals surface area contributed by atoms with Gasteiger partial charge in [0.2, 0.25) is 0 Å². The molecule has 0 atom stereocenters. The molecule has 20 rings (SSSR count). The number of hydrogen-bond acceptors (Lipinski definition) is 6. The summed E-state index contributed by atoms with van der Waals surface area (Å²) in [5.41, 5.74) is 8.95. The van der Waals surface area contributed by atoms with Crippen molar-refractivity contribution in [3.8, 4) is 89.5 Å². The van der Waals surface area contributed by atoms with Gasteiger partial charge in [-0.1, -0.05) is 340 Å². The van der Waals surface area contributed by atoms with Crippen LogP contribution < -0.4 is 0 Å². The van der Waals surface area contributed by atoms with Crippen LogP contribution in [0.2, 0.25) is 0 Å². The Bertz CT molecular complexity index is 8250. The van der Waals surface area contributed by atoms with Gasteiger partial charge in [0.05, 0.1) is 11.2 Å². The van der Waals surface area contributed by atoms with Gasteiger partial charge in [-0.25, -0.2) is 0 Å². The summed E-state index contributed by atoms with van der Waals surface area (Å²) in [5, 5.41) is 11.8. The first-order valence-electron chi connectivity index (χ1n) is 54.4. The van der Waals surface area contributed by atoms with Gasteiger partial charge in [-0.05, 0) is 203 Å². The summed E-state index contributed by atoms with van der Waals surface area (Å²) in [4.78, 5) is 17.8. The van der Waals surface area contributed by atoms with Crippen LogP contribution in [0.4, 0.5) is 0 Å². The molecule has 0 aliphatic carbocycles. The van der Waals surface area contributed by atoms with E-state index in [4.69, 9.17) is 45.8 Å². The van der Waals surface area contributed by atoms with Gasteiger partial charge in [0.15, 0.2) is 0 Å². The second-order valence-corrected chi connectivity index (χ2v) is 33.9. The summed E-state index contributed by atoms with van der Waals surface area (Å²) in [6.07, 6.45) is 0.155. The molecule has 8 heteroatoms. The van der Waals surface area contributed by atoms with Crippen molar-refractivity contribution >= 4 is 87.0 Å². The SMILES string of the molecule is [2H]C([2H])([2H])c1c[c-]c(-c2ccc(C([2H])([2H])C(C)(C)C)cn2)cc1-c1ccccc1.[2H]C([2H])([2H])c1ccc(-c2[c-]cc(C([2H])([2H])[2H])c(-c3ccccc3)c2)nc1.[2H]C([2H])([2H])c1cnc(-c2[c-]ccc3c2oc2c3ccc3ccc4ccccc4c32)cc1-c1ccc(C([2H])([2H])C(C)(C)C)cc1C([2H])([2H])[2H].[2H]C([2H])([2H])c1cnc(-c2[c-]ccc3c2oc2c3ccc3ccc4ccccc4c32)cc1-c1ccc(C([2H])([2H])C(C)(C)C)cc1C([2H])([2H])[2H].[Ir].[Ir]. The van der Waals surface area contributed by atoms with Gasteiger partial charge in [0.1, 0.15) is 11.2 Å². The molecular weight excluding hydrogens is 1890 g/mol. The fraction of sp³-hybridized carbons (Fsp3) is 0.186. The molecule has 0 unspecified atom stereocenters. The van der Waals surface area contributed by atoms with Crippen molar-refractivity contribution in [2.75, 3.05) is 0 Å². The first-order valence-corrected chi connectivity index (χ1v) is 40.9. The maximum absolute atomic E-state index is 8.77. The summed E-state index contributed by atoms with van der Waals surface area (Å²) in [7, 11) is 0. The number of benzene rings is 14. The molecule has 0 spiro atoms. The molecule has 0 bridgehead atoms. The van der Waals surface area contributed by atoms with Gasteiger partial charge in [0, 0.05) is 124 Å². The smallest absolute Gasteiger partial charge is 0.129 e. The zero-order chi connectivity index (χ0) is 109. The van der Waals surface area contributed by atoms with Gasteiger partial charge in [-0.2, -0.15) is 0 Å². The van der Waals surface area contributed by atoms with Crippen LogP contribution in [0.25, 0.3) is 177 Å². The molecule has 6 aromatic heterocycles. The standard InChI is InChI=1S/2C38H32NO.C23H24N.C19H16N.2Ir/c2*1-23-19-25(21-38(3,4)5)13-17-28(23)33-20-34(39-22-24(33)2)32-12-8-11-30-31-18-16-27-15-14-26-9-6-7-10-29(26)35(27)37(31)40-36(30)32;1-17-10-12-20(14-21(17)19-8-6-5-7-9-19)22-13-11-18(16-24-22)15-23(2,3)4;1-14-8-11-19(20-13-14)17-10-9-15(2)18(12-17)16-6-4-3-5-7-16;;/h2*6-11,13-20,22H,21H2,1-5H3;5-11,13-14,16H,15H2,1-4H3;3-9,11-13H,1-2H3;;/q4*-1;;/i2*1D3,2D3,21D2;1D3,15D2;1D3,2D3;;. The van der Waals surface area contributed by atoms with Crippen LogP contribution in [-0.2, 0) is 59.3 Å². The molecule has 6 nitrogen and oxygen atoms in total. The summed E-state index contributed by atoms with van der Waals surface area (Å²) in [5.74, 6) is 0. The van der Waals surface area contributed by atoms with Crippen LogP contribution in [0.1, 0.15) is 155 Å². The van der Waals surface area contributed by atoms with E-state index in [1.54, 1.807) is 114 Å². The molecule has 0 saturated carbocycles. The number of aromatic nitrogens is 4. The second-order valence-electron chi connectivity index (χ2n) is 33.9. The third-order valence-corrected chi connectivity index (χ3v) is 21.3. The van der Waals surface area contributed by atoms with Crippen molar-refractivity contribution in [2.24, 2.45) is 16.2 Å². The minimum absolute atomic E-state index is 0. The Kier molecular flexibility index (Phi) is 17.7. The molecule has 0 amide bonds. The molecule has 0 fully saturated rings. The predicted octanol–water partition coefficient (Wildman–Crippen LogP) is 32.2.